The van der Waals surface area contributed by atoms with Crippen molar-refractivity contribution in [3.05, 3.63) is 0 Å². The van der Waals surface area contributed by atoms with E-state index in [1.807, 2.05) is 0 Å². The lowest BCUT2D eigenvalue weighted by atomic mass is 9.77. The van der Waals surface area contributed by atoms with E-state index in [1.165, 1.54) is 13.5 Å². The molecule has 1 aliphatic rings. The minimum atomic E-state index is -0.820. The predicted octanol–water partition coefficient (Wildman–Crippen LogP) is 2.22. The van der Waals surface area contributed by atoms with E-state index in [2.05, 4.69) is 4.74 Å². The zero-order valence-electron chi connectivity index (χ0n) is 9.78. The normalized spacial score (nSPS) is 19.1. The van der Waals surface area contributed by atoms with Gasteiger partial charge in [-0.3, -0.25) is 9.59 Å². The molecule has 0 saturated heterocycles. The van der Waals surface area contributed by atoms with Crippen molar-refractivity contribution in [3.63, 3.8) is 0 Å². The predicted molar refractivity (Wildman–Crippen MR) is 59.0 cm³/mol. The van der Waals surface area contributed by atoms with Gasteiger partial charge in [0.2, 0.25) is 0 Å². The van der Waals surface area contributed by atoms with Gasteiger partial charge in [0.1, 0.15) is 0 Å². The molecule has 0 radical (unpaired) electrons. The molecule has 1 N–H and O–H groups in total. The summed E-state index contributed by atoms with van der Waals surface area (Å²) in [6, 6.07) is 0. The second kappa shape index (κ2) is 6.51. The highest BCUT2D eigenvalue weighted by molar-refractivity contribution is 5.72. The maximum Gasteiger partial charge on any atom is 0.305 e. The van der Waals surface area contributed by atoms with E-state index in [1.54, 1.807) is 0 Å². The molecular formula is C12H20O4. The molecule has 0 heterocycles. The average Bonchev–Trinajstić information content (AvgIpc) is 2.28. The van der Waals surface area contributed by atoms with Gasteiger partial charge in [-0.15, -0.1) is 0 Å². The Morgan fingerprint density at radius 2 is 1.88 bits per heavy atom. The van der Waals surface area contributed by atoms with Crippen LogP contribution in [0.2, 0.25) is 0 Å². The Labute approximate surface area is 96.0 Å². The maximum atomic E-state index is 11.2. The number of hydrogen-bond donors (Lipinski definition) is 1. The van der Waals surface area contributed by atoms with Crippen molar-refractivity contribution in [3.8, 4) is 0 Å². The summed E-state index contributed by atoms with van der Waals surface area (Å²) in [7, 11) is 1.35. The fraction of sp³-hybridized carbons (Fsp3) is 0.833. The number of methoxy groups -OCH3 is 1. The monoisotopic (exact) mass is 228 g/mol. The van der Waals surface area contributed by atoms with Crippen molar-refractivity contribution >= 4 is 11.9 Å². The van der Waals surface area contributed by atoms with Gasteiger partial charge in [0, 0.05) is 12.8 Å². The van der Waals surface area contributed by atoms with E-state index in [4.69, 9.17) is 5.11 Å². The van der Waals surface area contributed by atoms with E-state index in [0.29, 0.717) is 5.92 Å². The summed E-state index contributed by atoms with van der Waals surface area (Å²) >= 11 is 0. The molecule has 4 heteroatoms. The van der Waals surface area contributed by atoms with Gasteiger partial charge in [-0.25, -0.2) is 0 Å². The van der Waals surface area contributed by atoms with Crippen molar-refractivity contribution in [1.29, 1.82) is 0 Å². The van der Waals surface area contributed by atoms with Gasteiger partial charge < -0.3 is 9.84 Å². The molecule has 4 nitrogen and oxygen atoms in total. The van der Waals surface area contributed by atoms with Gasteiger partial charge in [-0.05, 0) is 11.8 Å². The van der Waals surface area contributed by atoms with Gasteiger partial charge in [-0.1, -0.05) is 32.1 Å². The number of carbonyl (C=O) groups excluding carboxylic acids is 1. The Hall–Kier alpha value is -1.06. The first-order chi connectivity index (χ1) is 7.63. The number of carboxylic acids is 1. The van der Waals surface area contributed by atoms with Crippen molar-refractivity contribution < 1.29 is 19.4 Å². The molecule has 0 aromatic heterocycles. The van der Waals surface area contributed by atoms with Crippen LogP contribution in [0, 0.1) is 11.8 Å². The average molecular weight is 228 g/mol. The first-order valence-corrected chi connectivity index (χ1v) is 5.92. The standard InChI is InChI=1S/C12H20O4/c1-16-12(15)8-10(7-11(13)14)9-5-3-2-4-6-9/h9-10H,2-8H2,1H3,(H,13,14). The molecule has 0 aromatic carbocycles. The molecule has 0 bridgehead atoms. The molecule has 0 spiro atoms. The summed E-state index contributed by atoms with van der Waals surface area (Å²) in [6.07, 6.45) is 5.97. The number of ether oxygens (including phenoxy) is 1. The quantitative estimate of drug-likeness (QED) is 0.733. The van der Waals surface area contributed by atoms with Crippen LogP contribution < -0.4 is 0 Å². The van der Waals surface area contributed by atoms with Gasteiger partial charge in [0.15, 0.2) is 0 Å². The lowest BCUT2D eigenvalue weighted by molar-refractivity contribution is -0.144. The number of aliphatic carboxylic acids is 1. The molecule has 1 atom stereocenters. The van der Waals surface area contributed by atoms with Crippen LogP contribution in [0.1, 0.15) is 44.9 Å². The summed E-state index contributed by atoms with van der Waals surface area (Å²) in [6.45, 7) is 0. The maximum absolute atomic E-state index is 11.2. The molecule has 1 saturated carbocycles. The summed E-state index contributed by atoms with van der Waals surface area (Å²) in [5.74, 6) is -0.787. The van der Waals surface area contributed by atoms with Crippen molar-refractivity contribution in [1.82, 2.24) is 0 Å². The zero-order chi connectivity index (χ0) is 12.0. The fourth-order valence-electron chi connectivity index (χ4n) is 2.53. The van der Waals surface area contributed by atoms with Crippen LogP contribution in [0.5, 0.6) is 0 Å². The molecule has 0 amide bonds. The van der Waals surface area contributed by atoms with Crippen LogP contribution >= 0.6 is 0 Å². The zero-order valence-corrected chi connectivity index (χ0v) is 9.78. The SMILES string of the molecule is COC(=O)CC(CC(=O)O)C1CCCCC1. The number of esters is 1. The fourth-order valence-corrected chi connectivity index (χ4v) is 2.53. The minimum absolute atomic E-state index is 0.0507. The smallest absolute Gasteiger partial charge is 0.305 e. The van der Waals surface area contributed by atoms with Crippen LogP contribution in [0.4, 0.5) is 0 Å². The van der Waals surface area contributed by atoms with Crippen molar-refractivity contribution in [2.24, 2.45) is 11.8 Å². The molecule has 1 rings (SSSR count). The third-order valence-corrected chi connectivity index (χ3v) is 3.41. The molecule has 1 fully saturated rings. The van der Waals surface area contributed by atoms with Gasteiger partial charge >= 0.3 is 11.9 Å². The minimum Gasteiger partial charge on any atom is -0.481 e. The molecule has 92 valence electrons. The van der Waals surface area contributed by atoms with E-state index in [0.717, 1.165) is 25.7 Å². The molecule has 0 aromatic rings. The summed E-state index contributed by atoms with van der Waals surface area (Å²) in [4.78, 5) is 22.0. The van der Waals surface area contributed by atoms with Crippen LogP contribution in [0.3, 0.4) is 0 Å². The largest absolute Gasteiger partial charge is 0.481 e. The van der Waals surface area contributed by atoms with Crippen molar-refractivity contribution in [2.45, 2.75) is 44.9 Å². The Morgan fingerprint density at radius 1 is 1.25 bits per heavy atom. The van der Waals surface area contributed by atoms with Crippen LogP contribution in [-0.2, 0) is 14.3 Å². The topological polar surface area (TPSA) is 63.6 Å². The second-order valence-corrected chi connectivity index (χ2v) is 4.54. The van der Waals surface area contributed by atoms with E-state index >= 15 is 0 Å². The first-order valence-electron chi connectivity index (χ1n) is 5.92. The van der Waals surface area contributed by atoms with Gasteiger partial charge in [0.05, 0.1) is 7.11 Å². The number of carbonyl (C=O) groups is 2. The molecule has 0 aliphatic heterocycles. The third-order valence-electron chi connectivity index (χ3n) is 3.41. The van der Waals surface area contributed by atoms with E-state index in [9.17, 15) is 9.59 Å². The van der Waals surface area contributed by atoms with Gasteiger partial charge in [0.25, 0.3) is 0 Å². The highest BCUT2D eigenvalue weighted by Crippen LogP contribution is 2.33. The molecule has 1 unspecified atom stereocenters. The lowest BCUT2D eigenvalue weighted by Gasteiger charge is -2.28. The summed E-state index contributed by atoms with van der Waals surface area (Å²) < 4.78 is 4.62. The van der Waals surface area contributed by atoms with Gasteiger partial charge in [-0.2, -0.15) is 0 Å². The molecule has 16 heavy (non-hydrogen) atoms. The van der Waals surface area contributed by atoms with E-state index in [-0.39, 0.29) is 24.7 Å². The Kier molecular flexibility index (Phi) is 5.29. The van der Waals surface area contributed by atoms with E-state index < -0.39 is 5.97 Å². The number of carboxylic acid groups (broad SMARTS) is 1. The Balaban J connectivity index is 2.53. The number of hydrogen-bond acceptors (Lipinski definition) is 3. The number of rotatable bonds is 5. The van der Waals surface area contributed by atoms with Crippen molar-refractivity contribution in [2.75, 3.05) is 7.11 Å². The highest BCUT2D eigenvalue weighted by atomic mass is 16.5. The first kappa shape index (κ1) is 13.0. The van der Waals surface area contributed by atoms with Crippen LogP contribution in [0.25, 0.3) is 0 Å². The molecular weight excluding hydrogens is 208 g/mol. The Bertz CT molecular complexity index is 243. The second-order valence-electron chi connectivity index (χ2n) is 4.54. The molecule has 1 aliphatic carbocycles. The lowest BCUT2D eigenvalue weighted by Crippen LogP contribution is -2.24. The van der Waals surface area contributed by atoms with Crippen LogP contribution in [0.15, 0.2) is 0 Å². The third kappa shape index (κ3) is 4.21. The Morgan fingerprint density at radius 3 is 2.38 bits per heavy atom. The van der Waals surface area contributed by atoms with Crippen LogP contribution in [-0.4, -0.2) is 24.2 Å². The highest BCUT2D eigenvalue weighted by Gasteiger charge is 2.27. The summed E-state index contributed by atoms with van der Waals surface area (Å²) in [5.41, 5.74) is 0. The summed E-state index contributed by atoms with van der Waals surface area (Å²) in [5, 5.41) is 8.85.